The van der Waals surface area contributed by atoms with Gasteiger partial charge in [0.15, 0.2) is 0 Å². The predicted octanol–water partition coefficient (Wildman–Crippen LogP) is 2.92. The highest BCUT2D eigenvalue weighted by Crippen LogP contribution is 2.30. The van der Waals surface area contributed by atoms with Crippen LogP contribution in [0.15, 0.2) is 53.4 Å². The summed E-state index contributed by atoms with van der Waals surface area (Å²) in [5, 5.41) is 0. The molecule has 1 amide bonds. The lowest BCUT2D eigenvalue weighted by Gasteiger charge is -2.34. The number of rotatable bonds is 4. The third-order valence-corrected chi connectivity index (χ3v) is 6.87. The van der Waals surface area contributed by atoms with Gasteiger partial charge in [-0.15, -0.1) is 0 Å². The monoisotopic (exact) mass is 441 g/mol. The minimum Gasteiger partial charge on any atom is -0.378 e. The molecule has 1 saturated heterocycles. The number of hydrogen-bond donors (Lipinski definition) is 0. The molecule has 0 radical (unpaired) electrons. The lowest BCUT2D eigenvalue weighted by Crippen LogP contribution is -2.50. The molecule has 10 heteroatoms. The van der Waals surface area contributed by atoms with Gasteiger partial charge in [-0.1, -0.05) is 6.07 Å². The summed E-state index contributed by atoms with van der Waals surface area (Å²) in [6, 6.07) is 10.6. The summed E-state index contributed by atoms with van der Waals surface area (Å²) in [6.07, 6.45) is -4.53. The lowest BCUT2D eigenvalue weighted by atomic mass is 10.1. The van der Waals surface area contributed by atoms with Gasteiger partial charge in [0, 0.05) is 51.5 Å². The number of halogens is 3. The number of carbonyl (C=O) groups excluding carboxylic acids is 1. The van der Waals surface area contributed by atoms with Gasteiger partial charge in [-0.3, -0.25) is 4.79 Å². The number of sulfonamides is 1. The van der Waals surface area contributed by atoms with Gasteiger partial charge in [-0.2, -0.15) is 17.5 Å². The third kappa shape index (κ3) is 4.59. The Kier molecular flexibility index (Phi) is 6.09. The normalized spacial score (nSPS) is 15.8. The van der Waals surface area contributed by atoms with Gasteiger partial charge in [0.05, 0.1) is 10.5 Å². The Bertz CT molecular complexity index is 1010. The lowest BCUT2D eigenvalue weighted by molar-refractivity contribution is -0.137. The van der Waals surface area contributed by atoms with Gasteiger partial charge in [0.2, 0.25) is 10.0 Å². The van der Waals surface area contributed by atoms with Crippen LogP contribution in [0.2, 0.25) is 0 Å². The highest BCUT2D eigenvalue weighted by molar-refractivity contribution is 7.89. The summed E-state index contributed by atoms with van der Waals surface area (Å²) < 4.78 is 64.8. The van der Waals surface area contributed by atoms with Crippen LogP contribution in [0.4, 0.5) is 18.9 Å². The molecular formula is C20H22F3N3O3S. The molecule has 0 bridgehead atoms. The highest BCUT2D eigenvalue weighted by Gasteiger charge is 2.33. The van der Waals surface area contributed by atoms with Gasteiger partial charge in [0.25, 0.3) is 5.91 Å². The molecule has 1 aliphatic rings. The molecule has 0 spiro atoms. The fourth-order valence-electron chi connectivity index (χ4n) is 3.20. The van der Waals surface area contributed by atoms with Crippen LogP contribution in [-0.4, -0.2) is 63.8 Å². The van der Waals surface area contributed by atoms with Crippen molar-refractivity contribution in [3.05, 3.63) is 59.7 Å². The number of hydrogen-bond acceptors (Lipinski definition) is 4. The Morgan fingerprint density at radius 2 is 1.57 bits per heavy atom. The molecule has 162 valence electrons. The highest BCUT2D eigenvalue weighted by atomic mass is 32.2. The molecule has 6 nitrogen and oxygen atoms in total. The summed E-state index contributed by atoms with van der Waals surface area (Å²) in [5.74, 6) is -0.190. The van der Waals surface area contributed by atoms with Crippen molar-refractivity contribution in [1.29, 1.82) is 0 Å². The van der Waals surface area contributed by atoms with E-state index in [2.05, 4.69) is 0 Å². The fourth-order valence-corrected chi connectivity index (χ4v) is 4.62. The Hall–Kier alpha value is -2.59. The SMILES string of the molecule is CN(C)c1cccc(C(=O)N2CCN(S(=O)(=O)c3ccc(C(F)(F)F)cc3)CC2)c1. The molecule has 0 unspecified atom stereocenters. The first-order valence-electron chi connectivity index (χ1n) is 9.24. The van der Waals surface area contributed by atoms with Crippen LogP contribution in [0.3, 0.4) is 0 Å². The van der Waals surface area contributed by atoms with E-state index in [0.29, 0.717) is 5.56 Å². The standard InChI is InChI=1S/C20H22F3N3O3S/c1-24(2)17-5-3-4-15(14-17)19(27)25-10-12-26(13-11-25)30(28,29)18-8-6-16(7-9-18)20(21,22)23/h3-9,14H,10-13H2,1-2H3. The second-order valence-electron chi connectivity index (χ2n) is 7.16. The quantitative estimate of drug-likeness (QED) is 0.732. The van der Waals surface area contributed by atoms with E-state index in [1.165, 1.54) is 4.31 Å². The molecule has 0 aromatic heterocycles. The van der Waals surface area contributed by atoms with E-state index in [1.807, 2.05) is 25.1 Å². The predicted molar refractivity (Wildman–Crippen MR) is 107 cm³/mol. The molecule has 1 fully saturated rings. The van der Waals surface area contributed by atoms with Crippen molar-refractivity contribution in [2.45, 2.75) is 11.1 Å². The number of anilines is 1. The zero-order valence-electron chi connectivity index (χ0n) is 16.6. The third-order valence-electron chi connectivity index (χ3n) is 4.95. The Labute approximate surface area is 173 Å². The second-order valence-corrected chi connectivity index (χ2v) is 9.10. The van der Waals surface area contributed by atoms with Gasteiger partial charge >= 0.3 is 6.18 Å². The molecule has 0 aliphatic carbocycles. The molecule has 3 rings (SSSR count). The van der Waals surface area contributed by atoms with E-state index in [-0.39, 0.29) is 37.0 Å². The van der Waals surface area contributed by atoms with Crippen LogP contribution in [0.5, 0.6) is 0 Å². The van der Waals surface area contributed by atoms with E-state index in [9.17, 15) is 26.4 Å². The number of piperazine rings is 1. The summed E-state index contributed by atoms with van der Waals surface area (Å²) in [7, 11) is -0.196. The summed E-state index contributed by atoms with van der Waals surface area (Å²) in [4.78, 5) is 16.0. The Morgan fingerprint density at radius 3 is 2.10 bits per heavy atom. The zero-order chi connectivity index (χ0) is 22.1. The van der Waals surface area contributed by atoms with Crippen LogP contribution < -0.4 is 4.90 Å². The number of carbonyl (C=O) groups is 1. The van der Waals surface area contributed by atoms with E-state index >= 15 is 0 Å². The van der Waals surface area contributed by atoms with Crippen molar-refractivity contribution in [2.75, 3.05) is 45.2 Å². The average molecular weight is 441 g/mol. The molecule has 30 heavy (non-hydrogen) atoms. The average Bonchev–Trinajstić information content (AvgIpc) is 2.73. The van der Waals surface area contributed by atoms with Gasteiger partial charge in [-0.25, -0.2) is 8.42 Å². The maximum atomic E-state index is 12.8. The number of benzene rings is 2. The molecule has 0 saturated carbocycles. The minimum atomic E-state index is -4.53. The summed E-state index contributed by atoms with van der Waals surface area (Å²) in [6.45, 7) is 0.542. The summed E-state index contributed by atoms with van der Waals surface area (Å²) >= 11 is 0. The number of alkyl halides is 3. The van der Waals surface area contributed by atoms with Gasteiger partial charge < -0.3 is 9.80 Å². The Balaban J connectivity index is 1.68. The second kappa shape index (κ2) is 8.27. The molecule has 2 aromatic carbocycles. The summed E-state index contributed by atoms with van der Waals surface area (Å²) in [5.41, 5.74) is 0.487. The van der Waals surface area contributed by atoms with Crippen LogP contribution in [0.25, 0.3) is 0 Å². The first-order valence-corrected chi connectivity index (χ1v) is 10.7. The smallest absolute Gasteiger partial charge is 0.378 e. The van der Waals surface area contributed by atoms with Crippen molar-refractivity contribution in [3.8, 4) is 0 Å². The molecule has 2 aromatic rings. The van der Waals surface area contributed by atoms with E-state index in [4.69, 9.17) is 0 Å². The van der Waals surface area contributed by atoms with Crippen molar-refractivity contribution >= 4 is 21.6 Å². The van der Waals surface area contributed by atoms with Gasteiger partial charge in [0.1, 0.15) is 0 Å². The molecular weight excluding hydrogens is 419 g/mol. The van der Waals surface area contributed by atoms with Crippen molar-refractivity contribution < 1.29 is 26.4 Å². The number of nitrogens with zero attached hydrogens (tertiary/aromatic N) is 3. The van der Waals surface area contributed by atoms with Crippen LogP contribution in [0.1, 0.15) is 15.9 Å². The molecule has 0 N–H and O–H groups in total. The van der Waals surface area contributed by atoms with E-state index in [1.54, 1.807) is 23.1 Å². The van der Waals surface area contributed by atoms with Crippen molar-refractivity contribution in [3.63, 3.8) is 0 Å². The largest absolute Gasteiger partial charge is 0.416 e. The van der Waals surface area contributed by atoms with Crippen LogP contribution >= 0.6 is 0 Å². The fraction of sp³-hybridized carbons (Fsp3) is 0.350. The van der Waals surface area contributed by atoms with Crippen molar-refractivity contribution in [2.24, 2.45) is 0 Å². The van der Waals surface area contributed by atoms with Crippen molar-refractivity contribution in [1.82, 2.24) is 9.21 Å². The molecule has 0 atom stereocenters. The topological polar surface area (TPSA) is 60.9 Å². The minimum absolute atomic E-state index is 0.0719. The number of amides is 1. The van der Waals surface area contributed by atoms with Crippen LogP contribution in [-0.2, 0) is 16.2 Å². The van der Waals surface area contributed by atoms with Crippen LogP contribution in [0, 0.1) is 0 Å². The first-order chi connectivity index (χ1) is 14.0. The first kappa shape index (κ1) is 22.1. The molecule has 1 heterocycles. The van der Waals surface area contributed by atoms with E-state index < -0.39 is 21.8 Å². The maximum absolute atomic E-state index is 12.8. The maximum Gasteiger partial charge on any atom is 0.416 e. The molecule has 1 aliphatic heterocycles. The van der Waals surface area contributed by atoms with Gasteiger partial charge in [-0.05, 0) is 42.5 Å². The zero-order valence-corrected chi connectivity index (χ0v) is 17.4. The van der Waals surface area contributed by atoms with E-state index in [0.717, 1.165) is 30.0 Å². The Morgan fingerprint density at radius 1 is 0.967 bits per heavy atom.